The third kappa shape index (κ3) is 7.40. The van der Waals surface area contributed by atoms with E-state index in [1.54, 1.807) is 24.5 Å². The topological polar surface area (TPSA) is 89.0 Å². The van der Waals surface area contributed by atoms with Crippen molar-refractivity contribution >= 4 is 11.9 Å². The number of carboxylic acids is 1. The Labute approximate surface area is 191 Å². The van der Waals surface area contributed by atoms with E-state index in [1.807, 2.05) is 4.90 Å². The Morgan fingerprint density at radius 2 is 1.76 bits per heavy atom. The van der Waals surface area contributed by atoms with E-state index in [-0.39, 0.29) is 17.4 Å². The monoisotopic (exact) mass is 472 g/mol. The average Bonchev–Trinajstić information content (AvgIpc) is 3.45. The van der Waals surface area contributed by atoms with Crippen LogP contribution in [-0.4, -0.2) is 72.1 Å². The van der Waals surface area contributed by atoms with Crippen LogP contribution in [0.5, 0.6) is 0 Å². The Bertz CT molecular complexity index is 776. The first kappa shape index (κ1) is 25.4. The Hall–Kier alpha value is -2.20. The van der Waals surface area contributed by atoms with Gasteiger partial charge in [0.15, 0.2) is 0 Å². The fourth-order valence-corrected chi connectivity index (χ4v) is 4.76. The molecule has 1 aliphatic carbocycles. The molecule has 1 saturated carbocycles. The lowest BCUT2D eigenvalue weighted by molar-refractivity contribution is -0.192. The van der Waals surface area contributed by atoms with E-state index in [0.29, 0.717) is 0 Å². The molecule has 1 amide bonds. The number of ether oxygens (including phenoxy) is 2. The van der Waals surface area contributed by atoms with Crippen molar-refractivity contribution < 1.29 is 37.3 Å². The van der Waals surface area contributed by atoms with Crippen LogP contribution in [0.15, 0.2) is 24.5 Å². The largest absolute Gasteiger partial charge is 0.490 e. The second-order valence-electron chi connectivity index (χ2n) is 9.16. The number of rotatable bonds is 5. The summed E-state index contributed by atoms with van der Waals surface area (Å²) in [5, 5.41) is 7.12. The van der Waals surface area contributed by atoms with Gasteiger partial charge in [0, 0.05) is 37.7 Å². The lowest BCUT2D eigenvalue weighted by atomic mass is 9.76. The quantitative estimate of drug-likeness (QED) is 0.699. The first-order valence-corrected chi connectivity index (χ1v) is 11.4. The molecule has 0 radical (unpaired) electrons. The maximum absolute atomic E-state index is 12.6. The number of carbonyl (C=O) groups is 2. The lowest BCUT2D eigenvalue weighted by Crippen LogP contribution is -2.43. The molecule has 1 N–H and O–H groups in total. The van der Waals surface area contributed by atoms with E-state index >= 15 is 0 Å². The summed E-state index contributed by atoms with van der Waals surface area (Å²) in [5.74, 6) is -1.86. The summed E-state index contributed by atoms with van der Waals surface area (Å²) in [7, 11) is 0. The Kier molecular flexibility index (Phi) is 8.69. The number of carbonyl (C=O) groups excluding carboxylic acids is 1. The van der Waals surface area contributed by atoms with Crippen LogP contribution in [0.1, 0.15) is 55.3 Å². The van der Waals surface area contributed by atoms with Gasteiger partial charge in [0.1, 0.15) is 0 Å². The van der Waals surface area contributed by atoms with Gasteiger partial charge in [-0.05, 0) is 55.6 Å². The number of aromatic nitrogens is 1. The fourth-order valence-electron chi connectivity index (χ4n) is 4.76. The van der Waals surface area contributed by atoms with Gasteiger partial charge < -0.3 is 19.5 Å². The minimum atomic E-state index is -5.08. The Morgan fingerprint density at radius 3 is 2.33 bits per heavy atom. The molecule has 1 atom stereocenters. The SMILES string of the molecule is O=C(O)C(F)(F)F.O=C(c1ccncc1)N1CCC2(CC1)COC(COCC1CCCC1)C2. The van der Waals surface area contributed by atoms with Gasteiger partial charge >= 0.3 is 12.1 Å². The van der Waals surface area contributed by atoms with Crippen molar-refractivity contribution in [3.63, 3.8) is 0 Å². The van der Waals surface area contributed by atoms with Crippen molar-refractivity contribution in [1.29, 1.82) is 0 Å². The van der Waals surface area contributed by atoms with Gasteiger partial charge in [-0.3, -0.25) is 9.78 Å². The molecule has 4 rings (SSSR count). The van der Waals surface area contributed by atoms with Crippen LogP contribution in [0.25, 0.3) is 0 Å². The molecule has 0 bridgehead atoms. The summed E-state index contributed by atoms with van der Waals surface area (Å²) in [6, 6.07) is 3.59. The molecule has 3 heterocycles. The first-order valence-electron chi connectivity index (χ1n) is 11.4. The summed E-state index contributed by atoms with van der Waals surface area (Å²) in [6.07, 6.45) is 7.05. The smallest absolute Gasteiger partial charge is 0.475 e. The van der Waals surface area contributed by atoms with Crippen LogP contribution in [0.4, 0.5) is 13.2 Å². The van der Waals surface area contributed by atoms with E-state index in [4.69, 9.17) is 19.4 Å². The van der Waals surface area contributed by atoms with Gasteiger partial charge in [-0.25, -0.2) is 4.79 Å². The lowest BCUT2D eigenvalue weighted by Gasteiger charge is -2.38. The molecule has 3 aliphatic rings. The summed E-state index contributed by atoms with van der Waals surface area (Å²) >= 11 is 0. The van der Waals surface area contributed by atoms with E-state index in [2.05, 4.69) is 4.98 Å². The highest BCUT2D eigenvalue weighted by Crippen LogP contribution is 2.42. The molecular weight excluding hydrogens is 441 g/mol. The van der Waals surface area contributed by atoms with Gasteiger partial charge in [0.05, 0.1) is 19.3 Å². The predicted molar refractivity (Wildman–Crippen MR) is 113 cm³/mol. The first-order chi connectivity index (χ1) is 15.7. The van der Waals surface area contributed by atoms with Gasteiger partial charge in [-0.1, -0.05) is 12.8 Å². The zero-order chi connectivity index (χ0) is 23.9. The van der Waals surface area contributed by atoms with Gasteiger partial charge in [-0.15, -0.1) is 0 Å². The molecule has 2 saturated heterocycles. The van der Waals surface area contributed by atoms with Gasteiger partial charge in [-0.2, -0.15) is 13.2 Å². The van der Waals surface area contributed by atoms with Crippen molar-refractivity contribution in [2.75, 3.05) is 32.9 Å². The molecule has 0 aromatic carbocycles. The number of hydrogen-bond acceptors (Lipinski definition) is 5. The van der Waals surface area contributed by atoms with Crippen molar-refractivity contribution in [1.82, 2.24) is 9.88 Å². The number of halogens is 3. The van der Waals surface area contributed by atoms with Crippen LogP contribution in [0.2, 0.25) is 0 Å². The molecule has 1 unspecified atom stereocenters. The molecule has 2 aliphatic heterocycles. The Balaban J connectivity index is 0.000000383. The third-order valence-electron chi connectivity index (χ3n) is 6.70. The minimum Gasteiger partial charge on any atom is -0.475 e. The summed E-state index contributed by atoms with van der Waals surface area (Å²) < 4.78 is 43.7. The van der Waals surface area contributed by atoms with Crippen molar-refractivity contribution in [2.24, 2.45) is 11.3 Å². The molecule has 1 spiro atoms. The number of alkyl halides is 3. The normalized spacial score (nSPS) is 22.8. The summed E-state index contributed by atoms with van der Waals surface area (Å²) in [4.78, 5) is 27.4. The zero-order valence-corrected chi connectivity index (χ0v) is 18.6. The van der Waals surface area contributed by atoms with Crippen LogP contribution in [0.3, 0.4) is 0 Å². The zero-order valence-electron chi connectivity index (χ0n) is 18.6. The van der Waals surface area contributed by atoms with Crippen molar-refractivity contribution in [3.8, 4) is 0 Å². The number of hydrogen-bond donors (Lipinski definition) is 1. The number of amides is 1. The molecule has 3 fully saturated rings. The van der Waals surface area contributed by atoms with Crippen LogP contribution in [0, 0.1) is 11.3 Å². The predicted octanol–water partition coefficient (Wildman–Crippen LogP) is 3.93. The highest BCUT2D eigenvalue weighted by molar-refractivity contribution is 5.94. The van der Waals surface area contributed by atoms with Crippen LogP contribution in [-0.2, 0) is 14.3 Å². The van der Waals surface area contributed by atoms with Gasteiger partial charge in [0.25, 0.3) is 5.91 Å². The molecule has 184 valence electrons. The fraction of sp³-hybridized carbons (Fsp3) is 0.696. The molecule has 7 nitrogen and oxygen atoms in total. The maximum Gasteiger partial charge on any atom is 0.490 e. The average molecular weight is 473 g/mol. The highest BCUT2D eigenvalue weighted by Gasteiger charge is 2.43. The maximum atomic E-state index is 12.6. The molecule has 33 heavy (non-hydrogen) atoms. The minimum absolute atomic E-state index is 0.123. The van der Waals surface area contributed by atoms with E-state index in [9.17, 15) is 18.0 Å². The number of carboxylic acid groups (broad SMARTS) is 1. The van der Waals surface area contributed by atoms with Crippen LogP contribution < -0.4 is 0 Å². The van der Waals surface area contributed by atoms with E-state index < -0.39 is 12.1 Å². The molecule has 1 aromatic heterocycles. The second kappa shape index (κ2) is 11.3. The molecule has 10 heteroatoms. The van der Waals surface area contributed by atoms with Crippen molar-refractivity contribution in [2.45, 2.75) is 57.2 Å². The van der Waals surface area contributed by atoms with Gasteiger partial charge in [0.2, 0.25) is 0 Å². The van der Waals surface area contributed by atoms with Crippen molar-refractivity contribution in [3.05, 3.63) is 30.1 Å². The number of pyridine rings is 1. The number of likely N-dealkylation sites (tertiary alicyclic amines) is 1. The number of aliphatic carboxylic acids is 1. The summed E-state index contributed by atoms with van der Waals surface area (Å²) in [6.45, 7) is 4.10. The molecular formula is C23H31F3N2O5. The highest BCUT2D eigenvalue weighted by atomic mass is 19.4. The van der Waals surface area contributed by atoms with E-state index in [1.165, 1.54) is 25.7 Å². The number of nitrogens with zero attached hydrogens (tertiary/aromatic N) is 2. The summed E-state index contributed by atoms with van der Waals surface area (Å²) in [5.41, 5.74) is 0.980. The molecule has 1 aromatic rings. The van der Waals surface area contributed by atoms with E-state index in [0.717, 1.165) is 63.7 Å². The standard InChI is InChI=1S/C21H30N2O3.C2HF3O2/c24-20(18-5-9-22-10-6-18)23-11-7-21(8-12-23)13-19(26-16-21)15-25-14-17-3-1-2-4-17;3-2(4,5)1(6)7/h5-6,9-10,17,19H,1-4,7-8,11-16H2;(H,6,7). The second-order valence-corrected chi connectivity index (χ2v) is 9.16. The number of piperidine rings is 1. The van der Waals surface area contributed by atoms with Crippen LogP contribution >= 0.6 is 0 Å². The Morgan fingerprint density at radius 1 is 1.15 bits per heavy atom. The third-order valence-corrected chi connectivity index (χ3v) is 6.70.